The fourth-order valence-electron chi connectivity index (χ4n) is 2.57. The van der Waals surface area contributed by atoms with Crippen LogP contribution < -0.4 is 20.1 Å². The number of carbonyl (C=O) groups excluding carboxylic acids is 1. The zero-order chi connectivity index (χ0) is 19.9. The van der Waals surface area contributed by atoms with Gasteiger partial charge in [-0.25, -0.2) is 0 Å². The molecule has 3 aromatic rings. The molecule has 6 nitrogen and oxygen atoms in total. The number of aromatic nitrogens is 1. The average Bonchev–Trinajstić information content (AvgIpc) is 2.72. The molecular formula is C21H20ClN3O3. The van der Waals surface area contributed by atoms with Crippen LogP contribution in [0.5, 0.6) is 11.5 Å². The van der Waals surface area contributed by atoms with Crippen molar-refractivity contribution in [3.8, 4) is 11.5 Å². The molecule has 0 aliphatic carbocycles. The number of nitrogens with one attached hydrogen (secondary N) is 2. The first-order valence-corrected chi connectivity index (χ1v) is 8.93. The number of hydrogen-bond acceptors (Lipinski definition) is 5. The van der Waals surface area contributed by atoms with Crippen LogP contribution in [0, 0.1) is 0 Å². The molecule has 0 fully saturated rings. The van der Waals surface area contributed by atoms with E-state index in [4.69, 9.17) is 21.1 Å². The molecule has 0 unspecified atom stereocenters. The van der Waals surface area contributed by atoms with E-state index in [0.29, 0.717) is 28.6 Å². The summed E-state index contributed by atoms with van der Waals surface area (Å²) in [6, 6.07) is 14.6. The fourth-order valence-corrected chi connectivity index (χ4v) is 2.83. The number of hydrogen-bond donors (Lipinski definition) is 2. The molecule has 28 heavy (non-hydrogen) atoms. The smallest absolute Gasteiger partial charge is 0.253 e. The summed E-state index contributed by atoms with van der Waals surface area (Å²) in [5, 5.41) is 6.56. The standard InChI is InChI=1S/C21H20ClN3O3/c1-27-18-6-3-14(4-7-18)11-24-21(26)15-9-17(13-23-12-15)25-16-5-8-20(28-2)19(22)10-16/h3-10,12-13,25H,11H2,1-2H3,(H,24,26). The van der Waals surface area contributed by atoms with E-state index in [0.717, 1.165) is 17.0 Å². The van der Waals surface area contributed by atoms with Crippen molar-refractivity contribution in [1.29, 1.82) is 0 Å². The highest BCUT2D eigenvalue weighted by Crippen LogP contribution is 2.28. The minimum atomic E-state index is -0.209. The summed E-state index contributed by atoms with van der Waals surface area (Å²) in [4.78, 5) is 16.6. The summed E-state index contributed by atoms with van der Waals surface area (Å²) >= 11 is 6.14. The molecule has 0 aliphatic heterocycles. The van der Waals surface area contributed by atoms with E-state index in [1.54, 1.807) is 38.6 Å². The van der Waals surface area contributed by atoms with Crippen LogP contribution in [-0.4, -0.2) is 25.1 Å². The van der Waals surface area contributed by atoms with Gasteiger partial charge in [-0.15, -0.1) is 0 Å². The van der Waals surface area contributed by atoms with Crippen LogP contribution in [0.2, 0.25) is 5.02 Å². The molecule has 1 heterocycles. The van der Waals surface area contributed by atoms with E-state index >= 15 is 0 Å². The molecule has 3 rings (SSSR count). The molecule has 1 aromatic heterocycles. The Morgan fingerprint density at radius 2 is 1.79 bits per heavy atom. The second kappa shape index (κ2) is 9.10. The summed E-state index contributed by atoms with van der Waals surface area (Å²) in [5.41, 5.74) is 2.88. The Morgan fingerprint density at radius 1 is 1.00 bits per heavy atom. The molecule has 7 heteroatoms. The summed E-state index contributed by atoms with van der Waals surface area (Å²) in [7, 11) is 3.18. The van der Waals surface area contributed by atoms with E-state index in [1.165, 1.54) is 6.20 Å². The first kappa shape index (κ1) is 19.5. The van der Waals surface area contributed by atoms with Gasteiger partial charge in [0.2, 0.25) is 0 Å². The van der Waals surface area contributed by atoms with Crippen LogP contribution >= 0.6 is 11.6 Å². The third kappa shape index (κ3) is 4.92. The summed E-state index contributed by atoms with van der Waals surface area (Å²) in [6.45, 7) is 0.411. The van der Waals surface area contributed by atoms with Gasteiger partial charge in [-0.1, -0.05) is 23.7 Å². The number of benzene rings is 2. The maximum Gasteiger partial charge on any atom is 0.253 e. The lowest BCUT2D eigenvalue weighted by molar-refractivity contribution is 0.0950. The second-order valence-corrected chi connectivity index (χ2v) is 6.37. The van der Waals surface area contributed by atoms with Crippen LogP contribution in [0.1, 0.15) is 15.9 Å². The molecule has 0 saturated heterocycles. The largest absolute Gasteiger partial charge is 0.497 e. The van der Waals surface area contributed by atoms with Crippen molar-refractivity contribution in [3.05, 3.63) is 77.1 Å². The number of methoxy groups -OCH3 is 2. The number of carbonyl (C=O) groups is 1. The first-order chi connectivity index (χ1) is 13.6. The third-order valence-electron chi connectivity index (χ3n) is 4.05. The Labute approximate surface area is 168 Å². The average molecular weight is 398 g/mol. The quantitative estimate of drug-likeness (QED) is 0.617. The molecule has 0 atom stereocenters. The van der Waals surface area contributed by atoms with Gasteiger partial charge in [-0.2, -0.15) is 0 Å². The number of halogens is 1. The van der Waals surface area contributed by atoms with Crippen molar-refractivity contribution in [1.82, 2.24) is 10.3 Å². The summed E-state index contributed by atoms with van der Waals surface area (Å²) in [5.74, 6) is 1.16. The molecule has 2 aromatic carbocycles. The maximum absolute atomic E-state index is 12.4. The summed E-state index contributed by atoms with van der Waals surface area (Å²) in [6.07, 6.45) is 3.16. The normalized spacial score (nSPS) is 10.2. The van der Waals surface area contributed by atoms with Crippen LogP contribution in [0.15, 0.2) is 60.9 Å². The van der Waals surface area contributed by atoms with Crippen molar-refractivity contribution in [3.63, 3.8) is 0 Å². The van der Waals surface area contributed by atoms with E-state index < -0.39 is 0 Å². The van der Waals surface area contributed by atoms with Gasteiger partial charge in [0, 0.05) is 18.4 Å². The van der Waals surface area contributed by atoms with E-state index in [1.807, 2.05) is 30.3 Å². The van der Waals surface area contributed by atoms with Gasteiger partial charge in [-0.05, 0) is 42.0 Å². The van der Waals surface area contributed by atoms with Crippen molar-refractivity contribution >= 4 is 28.9 Å². The second-order valence-electron chi connectivity index (χ2n) is 5.97. The number of pyridine rings is 1. The molecule has 0 spiro atoms. The Balaban J connectivity index is 1.64. The lowest BCUT2D eigenvalue weighted by Crippen LogP contribution is -2.23. The number of nitrogens with zero attached hydrogens (tertiary/aromatic N) is 1. The lowest BCUT2D eigenvalue weighted by Gasteiger charge is -2.10. The molecule has 144 valence electrons. The summed E-state index contributed by atoms with van der Waals surface area (Å²) < 4.78 is 10.3. The molecule has 0 radical (unpaired) electrons. The van der Waals surface area contributed by atoms with Gasteiger partial charge < -0.3 is 20.1 Å². The predicted octanol–water partition coefficient (Wildman–Crippen LogP) is 4.43. The van der Waals surface area contributed by atoms with Crippen LogP contribution in [0.3, 0.4) is 0 Å². The SMILES string of the molecule is COc1ccc(CNC(=O)c2cncc(Nc3ccc(OC)c(Cl)c3)c2)cc1. The molecule has 2 N–H and O–H groups in total. The van der Waals surface area contributed by atoms with E-state index in [2.05, 4.69) is 15.6 Å². The fraction of sp³-hybridized carbons (Fsp3) is 0.143. The molecular weight excluding hydrogens is 378 g/mol. The van der Waals surface area contributed by atoms with Crippen molar-refractivity contribution in [2.75, 3.05) is 19.5 Å². The number of rotatable bonds is 7. The van der Waals surface area contributed by atoms with Gasteiger partial charge in [0.1, 0.15) is 11.5 Å². The van der Waals surface area contributed by atoms with Gasteiger partial charge in [-0.3, -0.25) is 9.78 Å². The van der Waals surface area contributed by atoms with Gasteiger partial charge in [0.25, 0.3) is 5.91 Å². The highest BCUT2D eigenvalue weighted by molar-refractivity contribution is 6.32. The first-order valence-electron chi connectivity index (χ1n) is 8.56. The van der Waals surface area contributed by atoms with Gasteiger partial charge in [0.05, 0.1) is 36.7 Å². The van der Waals surface area contributed by atoms with Crippen molar-refractivity contribution < 1.29 is 14.3 Å². The van der Waals surface area contributed by atoms with Crippen LogP contribution in [0.4, 0.5) is 11.4 Å². The third-order valence-corrected chi connectivity index (χ3v) is 4.35. The number of anilines is 2. The molecule has 0 aliphatic rings. The molecule has 1 amide bonds. The highest BCUT2D eigenvalue weighted by atomic mass is 35.5. The predicted molar refractivity (Wildman–Crippen MR) is 110 cm³/mol. The minimum absolute atomic E-state index is 0.209. The lowest BCUT2D eigenvalue weighted by atomic mass is 10.2. The topological polar surface area (TPSA) is 72.5 Å². The van der Waals surface area contributed by atoms with E-state index in [-0.39, 0.29) is 5.91 Å². The molecule has 0 bridgehead atoms. The Morgan fingerprint density at radius 3 is 2.46 bits per heavy atom. The van der Waals surface area contributed by atoms with Gasteiger partial charge in [0.15, 0.2) is 0 Å². The zero-order valence-electron chi connectivity index (χ0n) is 15.5. The minimum Gasteiger partial charge on any atom is -0.497 e. The highest BCUT2D eigenvalue weighted by Gasteiger charge is 2.08. The Hall–Kier alpha value is -3.25. The van der Waals surface area contributed by atoms with Crippen LogP contribution in [0.25, 0.3) is 0 Å². The van der Waals surface area contributed by atoms with Crippen LogP contribution in [-0.2, 0) is 6.54 Å². The number of ether oxygens (including phenoxy) is 2. The Bertz CT molecular complexity index is 961. The number of amides is 1. The van der Waals surface area contributed by atoms with E-state index in [9.17, 15) is 4.79 Å². The zero-order valence-corrected chi connectivity index (χ0v) is 16.3. The molecule has 0 saturated carbocycles. The van der Waals surface area contributed by atoms with Crippen molar-refractivity contribution in [2.24, 2.45) is 0 Å². The monoisotopic (exact) mass is 397 g/mol. The van der Waals surface area contributed by atoms with Crippen molar-refractivity contribution in [2.45, 2.75) is 6.54 Å². The van der Waals surface area contributed by atoms with Gasteiger partial charge >= 0.3 is 0 Å². The Kier molecular flexibility index (Phi) is 6.34. The maximum atomic E-state index is 12.4.